The Hall–Kier alpha value is -0.820. The van der Waals surface area contributed by atoms with E-state index in [-0.39, 0.29) is 0 Å². The van der Waals surface area contributed by atoms with Crippen molar-refractivity contribution in [2.45, 2.75) is 77.8 Å². The van der Waals surface area contributed by atoms with Gasteiger partial charge in [-0.15, -0.1) is 0 Å². The third kappa shape index (κ3) is 4.94. The first-order chi connectivity index (χ1) is 9.67. The van der Waals surface area contributed by atoms with Gasteiger partial charge in [-0.25, -0.2) is 0 Å². The molecule has 0 saturated heterocycles. The van der Waals surface area contributed by atoms with Crippen molar-refractivity contribution in [1.82, 2.24) is 5.32 Å². The highest BCUT2D eigenvalue weighted by Crippen LogP contribution is 2.26. The molecule has 1 aliphatic carbocycles. The third-order valence-corrected chi connectivity index (χ3v) is 4.89. The highest BCUT2D eigenvalue weighted by molar-refractivity contribution is 5.22. The normalized spacial score (nSPS) is 24.6. The van der Waals surface area contributed by atoms with Gasteiger partial charge < -0.3 is 5.32 Å². The van der Waals surface area contributed by atoms with E-state index in [1.165, 1.54) is 56.1 Å². The minimum Gasteiger partial charge on any atom is -0.311 e. The molecule has 112 valence electrons. The minimum atomic E-state index is 0.638. The lowest BCUT2D eigenvalue weighted by Gasteiger charge is -2.30. The maximum absolute atomic E-state index is 3.85. The third-order valence-electron chi connectivity index (χ3n) is 4.89. The second-order valence-corrected chi connectivity index (χ2v) is 6.72. The molecule has 1 aromatic rings. The van der Waals surface area contributed by atoms with Crippen molar-refractivity contribution in [2.75, 3.05) is 0 Å². The number of nitrogens with one attached hydrogen (secondary N) is 1. The van der Waals surface area contributed by atoms with E-state index in [2.05, 4.69) is 50.4 Å². The van der Waals surface area contributed by atoms with Crippen LogP contribution < -0.4 is 5.32 Å². The minimum absolute atomic E-state index is 0.638. The molecule has 1 N–H and O–H groups in total. The molecule has 1 unspecified atom stereocenters. The molecule has 1 fully saturated rings. The molecule has 1 saturated carbocycles. The summed E-state index contributed by atoms with van der Waals surface area (Å²) in [4.78, 5) is 0. The molecule has 1 heteroatoms. The average Bonchev–Trinajstić information content (AvgIpc) is 2.46. The molecule has 0 aliphatic heterocycles. The van der Waals surface area contributed by atoms with Crippen LogP contribution in [0, 0.1) is 12.8 Å². The van der Waals surface area contributed by atoms with Crippen molar-refractivity contribution in [2.24, 2.45) is 5.92 Å². The van der Waals surface area contributed by atoms with Crippen LogP contribution in [0.1, 0.15) is 63.5 Å². The molecular weight excluding hydrogens is 242 g/mol. The summed E-state index contributed by atoms with van der Waals surface area (Å²) < 4.78 is 0. The Morgan fingerprint density at radius 3 is 2.60 bits per heavy atom. The maximum Gasteiger partial charge on any atom is 0.00697 e. The second kappa shape index (κ2) is 7.83. The molecule has 20 heavy (non-hydrogen) atoms. The molecule has 0 spiro atoms. The van der Waals surface area contributed by atoms with Crippen LogP contribution in [-0.4, -0.2) is 12.1 Å². The Balaban J connectivity index is 1.69. The predicted octanol–water partition coefficient (Wildman–Crippen LogP) is 4.87. The van der Waals surface area contributed by atoms with Crippen LogP contribution in [0.3, 0.4) is 0 Å². The zero-order valence-electron chi connectivity index (χ0n) is 13.5. The summed E-state index contributed by atoms with van der Waals surface area (Å²) in [7, 11) is 0. The van der Waals surface area contributed by atoms with Gasteiger partial charge in [-0.2, -0.15) is 0 Å². The lowest BCUT2D eigenvalue weighted by Crippen LogP contribution is -2.39. The number of aryl methyl sites for hydroxylation is 2. The van der Waals surface area contributed by atoms with Crippen molar-refractivity contribution >= 4 is 0 Å². The van der Waals surface area contributed by atoms with Crippen LogP contribution in [0.4, 0.5) is 0 Å². The zero-order chi connectivity index (χ0) is 14.4. The molecule has 0 radical (unpaired) electrons. The molecule has 0 aromatic heterocycles. The van der Waals surface area contributed by atoms with E-state index in [9.17, 15) is 0 Å². The second-order valence-electron chi connectivity index (χ2n) is 6.72. The van der Waals surface area contributed by atoms with Crippen molar-refractivity contribution in [1.29, 1.82) is 0 Å². The SMILES string of the molecule is CCC1CCC(NC(C)CCc2cccc(C)c2)CC1. The van der Waals surface area contributed by atoms with Gasteiger partial charge in [0.05, 0.1) is 0 Å². The van der Waals surface area contributed by atoms with E-state index < -0.39 is 0 Å². The number of rotatable bonds is 6. The van der Waals surface area contributed by atoms with Crippen LogP contribution in [0.2, 0.25) is 0 Å². The van der Waals surface area contributed by atoms with E-state index in [1.54, 1.807) is 0 Å². The number of benzene rings is 1. The molecule has 2 rings (SSSR count). The fraction of sp³-hybridized carbons (Fsp3) is 0.684. The van der Waals surface area contributed by atoms with Crippen LogP contribution in [-0.2, 0) is 6.42 Å². The van der Waals surface area contributed by atoms with Crippen LogP contribution in [0.5, 0.6) is 0 Å². The Bertz CT molecular complexity index is 391. The maximum atomic E-state index is 3.85. The fourth-order valence-electron chi connectivity index (χ4n) is 3.47. The summed E-state index contributed by atoms with van der Waals surface area (Å²) in [6, 6.07) is 10.3. The highest BCUT2D eigenvalue weighted by atomic mass is 14.9. The van der Waals surface area contributed by atoms with E-state index >= 15 is 0 Å². The molecule has 0 bridgehead atoms. The molecule has 1 aliphatic rings. The first-order valence-electron chi connectivity index (χ1n) is 8.49. The monoisotopic (exact) mass is 273 g/mol. The van der Waals surface area contributed by atoms with Crippen molar-refractivity contribution < 1.29 is 0 Å². The van der Waals surface area contributed by atoms with E-state index in [0.29, 0.717) is 6.04 Å². The molecule has 0 heterocycles. The van der Waals surface area contributed by atoms with Gasteiger partial charge in [0.2, 0.25) is 0 Å². The summed E-state index contributed by atoms with van der Waals surface area (Å²) in [5.74, 6) is 0.996. The van der Waals surface area contributed by atoms with E-state index in [4.69, 9.17) is 0 Å². The van der Waals surface area contributed by atoms with Crippen molar-refractivity contribution in [3.05, 3.63) is 35.4 Å². The summed E-state index contributed by atoms with van der Waals surface area (Å²) in [5, 5.41) is 3.85. The van der Waals surface area contributed by atoms with Gasteiger partial charge in [0.1, 0.15) is 0 Å². The fourth-order valence-corrected chi connectivity index (χ4v) is 3.47. The summed E-state index contributed by atoms with van der Waals surface area (Å²) in [6.45, 7) is 6.86. The summed E-state index contributed by atoms with van der Waals surface area (Å²) >= 11 is 0. The first-order valence-corrected chi connectivity index (χ1v) is 8.49. The van der Waals surface area contributed by atoms with E-state index in [0.717, 1.165) is 12.0 Å². The highest BCUT2D eigenvalue weighted by Gasteiger charge is 2.20. The zero-order valence-corrected chi connectivity index (χ0v) is 13.5. The average molecular weight is 273 g/mol. The molecule has 1 atom stereocenters. The largest absolute Gasteiger partial charge is 0.311 e. The Kier molecular flexibility index (Phi) is 6.09. The Labute approximate surface area is 125 Å². The summed E-state index contributed by atoms with van der Waals surface area (Å²) in [6.07, 6.45) is 9.44. The van der Waals surface area contributed by atoms with Crippen molar-refractivity contribution in [3.8, 4) is 0 Å². The first kappa shape index (κ1) is 15.6. The number of hydrogen-bond donors (Lipinski definition) is 1. The van der Waals surface area contributed by atoms with Gasteiger partial charge in [-0.1, -0.05) is 43.2 Å². The van der Waals surface area contributed by atoms with Gasteiger partial charge in [0, 0.05) is 12.1 Å². The molecule has 0 amide bonds. The lowest BCUT2D eigenvalue weighted by molar-refractivity contribution is 0.269. The van der Waals surface area contributed by atoms with Crippen molar-refractivity contribution in [3.63, 3.8) is 0 Å². The van der Waals surface area contributed by atoms with Crippen LogP contribution in [0.25, 0.3) is 0 Å². The van der Waals surface area contributed by atoms with Crippen LogP contribution >= 0.6 is 0 Å². The predicted molar refractivity (Wildman–Crippen MR) is 88.1 cm³/mol. The molecule has 1 aromatic carbocycles. The smallest absolute Gasteiger partial charge is 0.00697 e. The molecular formula is C19H31N. The number of hydrogen-bond acceptors (Lipinski definition) is 1. The molecule has 1 nitrogen and oxygen atoms in total. The lowest BCUT2D eigenvalue weighted by atomic mass is 9.84. The van der Waals surface area contributed by atoms with Crippen LogP contribution in [0.15, 0.2) is 24.3 Å². The van der Waals surface area contributed by atoms with Gasteiger partial charge in [0.25, 0.3) is 0 Å². The van der Waals surface area contributed by atoms with Gasteiger partial charge in [0.15, 0.2) is 0 Å². The van der Waals surface area contributed by atoms with E-state index in [1.807, 2.05) is 0 Å². The van der Waals surface area contributed by atoms with Gasteiger partial charge >= 0.3 is 0 Å². The standard InChI is InChI=1S/C19H31N/c1-4-17-10-12-19(13-11-17)20-16(3)8-9-18-7-5-6-15(2)14-18/h5-7,14,16-17,19-20H,4,8-13H2,1-3H3. The Morgan fingerprint density at radius 2 is 1.95 bits per heavy atom. The Morgan fingerprint density at radius 1 is 1.20 bits per heavy atom. The topological polar surface area (TPSA) is 12.0 Å². The quantitative estimate of drug-likeness (QED) is 0.779. The van der Waals surface area contributed by atoms with Gasteiger partial charge in [-0.05, 0) is 63.9 Å². The summed E-state index contributed by atoms with van der Waals surface area (Å²) in [5.41, 5.74) is 2.86. The van der Waals surface area contributed by atoms with Gasteiger partial charge in [-0.3, -0.25) is 0 Å².